The van der Waals surface area contributed by atoms with Gasteiger partial charge in [0.05, 0.1) is 6.54 Å². The Morgan fingerprint density at radius 3 is 2.76 bits per heavy atom. The van der Waals surface area contributed by atoms with Crippen molar-refractivity contribution >= 4 is 23.1 Å². The molecule has 0 atom stereocenters. The smallest absolute Gasteiger partial charge is 0.356 e. The van der Waals surface area contributed by atoms with Crippen LogP contribution in [-0.2, 0) is 6.54 Å². The number of aromatic nitrogens is 2. The summed E-state index contributed by atoms with van der Waals surface area (Å²) < 4.78 is 0. The highest BCUT2D eigenvalue weighted by molar-refractivity contribution is 7.10. The van der Waals surface area contributed by atoms with Crippen molar-refractivity contribution in [3.8, 4) is 0 Å². The van der Waals surface area contributed by atoms with Crippen LogP contribution in [0.3, 0.4) is 0 Å². The van der Waals surface area contributed by atoms with E-state index in [4.69, 9.17) is 5.11 Å². The number of aromatic carboxylic acids is 1. The van der Waals surface area contributed by atoms with Gasteiger partial charge >= 0.3 is 5.97 Å². The molecule has 0 saturated heterocycles. The molecule has 0 bridgehead atoms. The molecule has 0 aliphatic carbocycles. The summed E-state index contributed by atoms with van der Waals surface area (Å²) in [7, 11) is 0. The first-order valence-corrected chi connectivity index (χ1v) is 5.88. The standard InChI is InChI=1S/C11H11N3O2S/c1-7-4-5-17-9(7)6-12-10-3-2-8(11(15)16)13-14-10/h2-5H,6H2,1H3,(H,12,14)(H,15,16). The van der Waals surface area contributed by atoms with Crippen molar-refractivity contribution in [3.63, 3.8) is 0 Å². The monoisotopic (exact) mass is 249 g/mol. The van der Waals surface area contributed by atoms with Gasteiger partial charge in [0.25, 0.3) is 0 Å². The van der Waals surface area contributed by atoms with Crippen LogP contribution in [0.4, 0.5) is 5.82 Å². The van der Waals surface area contributed by atoms with Crippen molar-refractivity contribution in [2.24, 2.45) is 0 Å². The Bertz CT molecular complexity index is 522. The Labute approximate surface area is 102 Å². The van der Waals surface area contributed by atoms with E-state index >= 15 is 0 Å². The number of nitrogens with one attached hydrogen (secondary N) is 1. The summed E-state index contributed by atoms with van der Waals surface area (Å²) in [6, 6.07) is 5.10. The molecular formula is C11H11N3O2S. The van der Waals surface area contributed by atoms with E-state index < -0.39 is 5.97 Å². The van der Waals surface area contributed by atoms with E-state index in [1.165, 1.54) is 16.5 Å². The average Bonchev–Trinajstić information content (AvgIpc) is 2.73. The third-order valence-electron chi connectivity index (χ3n) is 2.28. The summed E-state index contributed by atoms with van der Waals surface area (Å²) in [5, 5.41) is 21.2. The summed E-state index contributed by atoms with van der Waals surface area (Å²) in [5.74, 6) is -0.499. The minimum absolute atomic E-state index is 0.0529. The lowest BCUT2D eigenvalue weighted by atomic mass is 10.3. The second-order valence-electron chi connectivity index (χ2n) is 3.49. The summed E-state index contributed by atoms with van der Waals surface area (Å²) in [6.45, 7) is 2.72. The Morgan fingerprint density at radius 1 is 1.41 bits per heavy atom. The van der Waals surface area contributed by atoms with E-state index in [1.54, 1.807) is 17.4 Å². The molecule has 0 fully saturated rings. The molecule has 0 aliphatic rings. The first-order chi connectivity index (χ1) is 8.16. The van der Waals surface area contributed by atoms with Crippen molar-refractivity contribution in [2.75, 3.05) is 5.32 Å². The van der Waals surface area contributed by atoms with Gasteiger partial charge in [-0.05, 0) is 36.1 Å². The van der Waals surface area contributed by atoms with Crippen LogP contribution >= 0.6 is 11.3 Å². The van der Waals surface area contributed by atoms with Crippen LogP contribution in [0.15, 0.2) is 23.6 Å². The van der Waals surface area contributed by atoms with Crippen LogP contribution in [-0.4, -0.2) is 21.3 Å². The molecule has 0 saturated carbocycles. The zero-order chi connectivity index (χ0) is 12.3. The highest BCUT2D eigenvalue weighted by Crippen LogP contribution is 2.16. The maximum atomic E-state index is 10.6. The van der Waals surface area contributed by atoms with Crippen LogP contribution in [0, 0.1) is 6.92 Å². The second-order valence-corrected chi connectivity index (χ2v) is 4.49. The van der Waals surface area contributed by atoms with Crippen LogP contribution in [0.1, 0.15) is 20.9 Å². The fraction of sp³-hybridized carbons (Fsp3) is 0.182. The summed E-state index contributed by atoms with van der Waals surface area (Å²) >= 11 is 1.67. The fourth-order valence-corrected chi connectivity index (χ4v) is 2.14. The van der Waals surface area contributed by atoms with Gasteiger partial charge in [-0.3, -0.25) is 0 Å². The number of hydrogen-bond acceptors (Lipinski definition) is 5. The lowest BCUT2D eigenvalue weighted by molar-refractivity contribution is 0.0689. The van der Waals surface area contributed by atoms with Gasteiger partial charge in [0.15, 0.2) is 5.69 Å². The molecule has 2 rings (SSSR count). The zero-order valence-electron chi connectivity index (χ0n) is 9.17. The largest absolute Gasteiger partial charge is 0.476 e. The number of carbonyl (C=O) groups is 1. The average molecular weight is 249 g/mol. The highest BCUT2D eigenvalue weighted by Gasteiger charge is 2.05. The number of carboxylic acid groups (broad SMARTS) is 1. The quantitative estimate of drug-likeness (QED) is 0.868. The van der Waals surface area contributed by atoms with Crippen LogP contribution in [0.2, 0.25) is 0 Å². The maximum absolute atomic E-state index is 10.6. The van der Waals surface area contributed by atoms with E-state index in [-0.39, 0.29) is 5.69 Å². The van der Waals surface area contributed by atoms with Gasteiger partial charge in [-0.15, -0.1) is 21.5 Å². The highest BCUT2D eigenvalue weighted by atomic mass is 32.1. The van der Waals surface area contributed by atoms with E-state index in [1.807, 2.05) is 12.3 Å². The molecular weight excluding hydrogens is 238 g/mol. The first kappa shape index (κ1) is 11.5. The molecule has 0 aliphatic heterocycles. The van der Waals surface area contributed by atoms with E-state index in [9.17, 15) is 4.79 Å². The summed E-state index contributed by atoms with van der Waals surface area (Å²) in [5.41, 5.74) is 1.18. The number of anilines is 1. The van der Waals surface area contributed by atoms with Gasteiger partial charge in [0.2, 0.25) is 0 Å². The molecule has 0 unspecified atom stereocenters. The zero-order valence-corrected chi connectivity index (χ0v) is 9.99. The lowest BCUT2D eigenvalue weighted by Crippen LogP contribution is -2.05. The third kappa shape index (κ3) is 2.79. The van der Waals surface area contributed by atoms with Crippen LogP contribution in [0.25, 0.3) is 0 Å². The van der Waals surface area contributed by atoms with Gasteiger partial charge in [-0.2, -0.15) is 0 Å². The SMILES string of the molecule is Cc1ccsc1CNc1ccc(C(=O)O)nn1. The molecule has 0 amide bonds. The molecule has 6 heteroatoms. The van der Waals surface area contributed by atoms with Crippen molar-refractivity contribution < 1.29 is 9.90 Å². The summed E-state index contributed by atoms with van der Waals surface area (Å²) in [4.78, 5) is 11.8. The second kappa shape index (κ2) is 4.92. The molecule has 0 aromatic carbocycles. The molecule has 5 nitrogen and oxygen atoms in total. The Hall–Kier alpha value is -1.95. The van der Waals surface area contributed by atoms with Crippen molar-refractivity contribution in [2.45, 2.75) is 13.5 Å². The van der Waals surface area contributed by atoms with Crippen molar-refractivity contribution in [1.29, 1.82) is 0 Å². The number of aryl methyl sites for hydroxylation is 1. The molecule has 0 spiro atoms. The number of hydrogen-bond donors (Lipinski definition) is 2. The molecule has 0 radical (unpaired) electrons. The van der Waals surface area contributed by atoms with Gasteiger partial charge < -0.3 is 10.4 Å². The number of rotatable bonds is 4. The molecule has 2 aromatic rings. The topological polar surface area (TPSA) is 75.1 Å². The third-order valence-corrected chi connectivity index (χ3v) is 3.30. The van der Waals surface area contributed by atoms with Crippen LogP contribution in [0.5, 0.6) is 0 Å². The molecule has 2 heterocycles. The number of nitrogens with zero attached hydrogens (tertiary/aromatic N) is 2. The molecule has 2 N–H and O–H groups in total. The minimum Gasteiger partial charge on any atom is -0.476 e. The van der Waals surface area contributed by atoms with E-state index in [0.29, 0.717) is 12.4 Å². The van der Waals surface area contributed by atoms with Crippen molar-refractivity contribution in [3.05, 3.63) is 39.7 Å². The Kier molecular flexibility index (Phi) is 3.34. The lowest BCUT2D eigenvalue weighted by Gasteiger charge is -2.04. The van der Waals surface area contributed by atoms with E-state index in [2.05, 4.69) is 21.6 Å². The van der Waals surface area contributed by atoms with Gasteiger partial charge in [-0.25, -0.2) is 4.79 Å². The summed E-state index contributed by atoms with van der Waals surface area (Å²) in [6.07, 6.45) is 0. The number of thiophene rings is 1. The van der Waals surface area contributed by atoms with Gasteiger partial charge in [0, 0.05) is 4.88 Å². The predicted octanol–water partition coefficient (Wildman–Crippen LogP) is 2.16. The van der Waals surface area contributed by atoms with Gasteiger partial charge in [-0.1, -0.05) is 0 Å². The minimum atomic E-state index is -1.07. The molecule has 88 valence electrons. The Balaban J connectivity index is 2.00. The fourth-order valence-electron chi connectivity index (χ4n) is 1.30. The van der Waals surface area contributed by atoms with Crippen molar-refractivity contribution in [1.82, 2.24) is 10.2 Å². The van der Waals surface area contributed by atoms with E-state index in [0.717, 1.165) is 0 Å². The number of carboxylic acids is 1. The molecule has 17 heavy (non-hydrogen) atoms. The maximum Gasteiger partial charge on any atom is 0.356 e. The molecule has 2 aromatic heterocycles. The predicted molar refractivity (Wildman–Crippen MR) is 65.4 cm³/mol. The first-order valence-electron chi connectivity index (χ1n) is 5.00. The Morgan fingerprint density at radius 2 is 2.24 bits per heavy atom. The van der Waals surface area contributed by atoms with Crippen LogP contribution < -0.4 is 5.32 Å². The normalized spacial score (nSPS) is 10.2. The van der Waals surface area contributed by atoms with Gasteiger partial charge in [0.1, 0.15) is 5.82 Å².